The molecule has 0 aliphatic rings. The molecule has 0 bridgehead atoms. The van der Waals surface area contributed by atoms with Gasteiger partial charge in [-0.1, -0.05) is 48.5 Å². The molecule has 0 unspecified atom stereocenters. The summed E-state index contributed by atoms with van der Waals surface area (Å²) in [7, 11) is 2.06. The Balaban J connectivity index is 1.48. The van der Waals surface area contributed by atoms with Crippen LogP contribution in [0.2, 0.25) is 0 Å². The molecule has 0 radical (unpaired) electrons. The molecule has 31 heavy (non-hydrogen) atoms. The van der Waals surface area contributed by atoms with Gasteiger partial charge in [-0.2, -0.15) is 0 Å². The first-order valence-electron chi connectivity index (χ1n) is 10.2. The van der Waals surface area contributed by atoms with Gasteiger partial charge in [0.1, 0.15) is 11.6 Å². The lowest BCUT2D eigenvalue weighted by Gasteiger charge is -2.19. The van der Waals surface area contributed by atoms with Gasteiger partial charge in [0.2, 0.25) is 0 Å². The van der Waals surface area contributed by atoms with E-state index in [4.69, 9.17) is 4.98 Å². The molecule has 5 rings (SSSR count). The molecule has 152 valence electrons. The maximum Gasteiger partial charge on any atom is 0.132 e. The fourth-order valence-electron chi connectivity index (χ4n) is 3.67. The number of nitrogens with zero attached hydrogens (tertiary/aromatic N) is 4. The molecule has 2 aromatic carbocycles. The lowest BCUT2D eigenvalue weighted by atomic mass is 10.1. The highest BCUT2D eigenvalue weighted by molar-refractivity contribution is 7.22. The number of aryl methyl sites for hydroxylation is 1. The van der Waals surface area contributed by atoms with Crippen LogP contribution in [0.1, 0.15) is 11.4 Å². The minimum Gasteiger partial charge on any atom is -0.355 e. The zero-order valence-corrected chi connectivity index (χ0v) is 18.3. The van der Waals surface area contributed by atoms with E-state index in [0.717, 1.165) is 35.0 Å². The highest BCUT2D eigenvalue weighted by Crippen LogP contribution is 2.34. The van der Waals surface area contributed by atoms with Crippen molar-refractivity contribution in [2.75, 3.05) is 11.9 Å². The lowest BCUT2D eigenvalue weighted by Crippen LogP contribution is -2.18. The zero-order valence-electron chi connectivity index (χ0n) is 17.5. The maximum atomic E-state index is 4.70. The topological polar surface area (TPSA) is 41.9 Å². The van der Waals surface area contributed by atoms with Crippen LogP contribution in [0, 0.1) is 6.92 Å². The van der Waals surface area contributed by atoms with Crippen LogP contribution >= 0.6 is 11.3 Å². The Hall–Kier alpha value is -3.57. The fourth-order valence-corrected chi connectivity index (χ4v) is 4.72. The molecule has 0 fully saturated rings. The summed E-state index contributed by atoms with van der Waals surface area (Å²) in [5.41, 5.74) is 4.23. The summed E-state index contributed by atoms with van der Waals surface area (Å²) >= 11 is 1.79. The van der Waals surface area contributed by atoms with E-state index in [1.54, 1.807) is 11.3 Å². The van der Waals surface area contributed by atoms with Gasteiger partial charge in [0, 0.05) is 52.8 Å². The number of rotatable bonds is 5. The number of hydrogen-bond acceptors (Lipinski definition) is 5. The molecular formula is C26H22N4S. The van der Waals surface area contributed by atoms with E-state index in [1.165, 1.54) is 20.5 Å². The largest absolute Gasteiger partial charge is 0.355 e. The van der Waals surface area contributed by atoms with Crippen molar-refractivity contribution >= 4 is 27.2 Å². The summed E-state index contributed by atoms with van der Waals surface area (Å²) < 4.78 is 1.28. The second kappa shape index (κ2) is 8.28. The molecule has 0 aliphatic heterocycles. The van der Waals surface area contributed by atoms with Gasteiger partial charge in [-0.3, -0.25) is 4.98 Å². The number of thiophene rings is 1. The average molecular weight is 423 g/mol. The van der Waals surface area contributed by atoms with Crippen molar-refractivity contribution in [2.45, 2.75) is 13.5 Å². The molecule has 0 saturated carbocycles. The molecule has 0 spiro atoms. The third-order valence-electron chi connectivity index (χ3n) is 5.22. The Morgan fingerprint density at radius 3 is 2.45 bits per heavy atom. The van der Waals surface area contributed by atoms with Crippen LogP contribution in [0.4, 0.5) is 5.82 Å². The van der Waals surface area contributed by atoms with Gasteiger partial charge in [-0.25, -0.2) is 9.97 Å². The Bertz CT molecular complexity index is 1310. The van der Waals surface area contributed by atoms with Gasteiger partial charge >= 0.3 is 0 Å². The number of aromatic nitrogens is 3. The predicted octanol–water partition coefficient (Wildman–Crippen LogP) is 6.37. The van der Waals surface area contributed by atoms with E-state index in [0.29, 0.717) is 0 Å². The first-order valence-corrected chi connectivity index (χ1v) is 11.0. The Labute approximate surface area is 185 Å². The van der Waals surface area contributed by atoms with Crippen LogP contribution in [0.15, 0.2) is 85.2 Å². The summed E-state index contributed by atoms with van der Waals surface area (Å²) in [6.45, 7) is 2.73. The Morgan fingerprint density at radius 2 is 1.61 bits per heavy atom. The maximum absolute atomic E-state index is 4.70. The quantitative estimate of drug-likeness (QED) is 0.330. The van der Waals surface area contributed by atoms with E-state index >= 15 is 0 Å². The molecule has 5 heteroatoms. The molecule has 0 N–H and O–H groups in total. The smallest absolute Gasteiger partial charge is 0.132 e. The van der Waals surface area contributed by atoms with Crippen LogP contribution in [0.5, 0.6) is 0 Å². The minimum absolute atomic E-state index is 0.750. The van der Waals surface area contributed by atoms with E-state index in [9.17, 15) is 0 Å². The molecule has 0 amide bonds. The van der Waals surface area contributed by atoms with E-state index in [-0.39, 0.29) is 0 Å². The van der Waals surface area contributed by atoms with Crippen molar-refractivity contribution in [3.8, 4) is 21.7 Å². The van der Waals surface area contributed by atoms with Crippen LogP contribution in [0.3, 0.4) is 0 Å². The van der Waals surface area contributed by atoms with Crippen molar-refractivity contribution in [2.24, 2.45) is 0 Å². The molecular weight excluding hydrogens is 400 g/mol. The molecule has 0 saturated heterocycles. The van der Waals surface area contributed by atoms with Crippen LogP contribution in [-0.4, -0.2) is 22.0 Å². The minimum atomic E-state index is 0.750. The SMILES string of the molecule is Cc1nc(-c2cncc(-c3cc4ccccc4s3)c2)cc(N(C)Cc2ccccc2)n1. The molecule has 3 heterocycles. The van der Waals surface area contributed by atoms with Gasteiger partial charge in [0.15, 0.2) is 0 Å². The summed E-state index contributed by atoms with van der Waals surface area (Å²) in [6.07, 6.45) is 3.80. The van der Waals surface area contributed by atoms with Crippen molar-refractivity contribution in [3.05, 3.63) is 96.6 Å². The highest BCUT2D eigenvalue weighted by atomic mass is 32.1. The van der Waals surface area contributed by atoms with E-state index < -0.39 is 0 Å². The molecule has 5 aromatic rings. The van der Waals surface area contributed by atoms with Crippen LogP contribution in [-0.2, 0) is 6.54 Å². The number of pyridine rings is 1. The highest BCUT2D eigenvalue weighted by Gasteiger charge is 2.11. The summed E-state index contributed by atoms with van der Waals surface area (Å²) in [4.78, 5) is 17.2. The van der Waals surface area contributed by atoms with Crippen molar-refractivity contribution < 1.29 is 0 Å². The van der Waals surface area contributed by atoms with Gasteiger partial charge in [0.05, 0.1) is 5.69 Å². The zero-order chi connectivity index (χ0) is 21.2. The average Bonchev–Trinajstić information content (AvgIpc) is 3.24. The summed E-state index contributed by atoms with van der Waals surface area (Å²) in [5, 5.41) is 1.26. The standard InChI is InChI=1S/C26H22N4S/c1-18-28-23(14-26(29-18)30(2)17-19-8-4-3-5-9-19)21-12-22(16-27-15-21)25-13-20-10-6-7-11-24(20)31-25/h3-16H,17H2,1-2H3. The molecule has 0 aliphatic carbocycles. The lowest BCUT2D eigenvalue weighted by molar-refractivity contribution is 0.880. The van der Waals surface area contributed by atoms with Crippen molar-refractivity contribution in [3.63, 3.8) is 0 Å². The number of benzene rings is 2. The van der Waals surface area contributed by atoms with Crippen molar-refractivity contribution in [1.82, 2.24) is 15.0 Å². The molecule has 3 aromatic heterocycles. The number of hydrogen-bond donors (Lipinski definition) is 0. The van der Waals surface area contributed by atoms with E-state index in [2.05, 4.69) is 82.6 Å². The summed E-state index contributed by atoms with van der Waals surface area (Å²) in [5.74, 6) is 1.65. The third kappa shape index (κ3) is 4.18. The Kier molecular flexibility index (Phi) is 5.18. The molecule has 0 atom stereocenters. The van der Waals surface area contributed by atoms with Crippen LogP contribution < -0.4 is 4.90 Å². The fraction of sp³-hybridized carbons (Fsp3) is 0.115. The monoisotopic (exact) mass is 422 g/mol. The first-order chi connectivity index (χ1) is 15.2. The van der Waals surface area contributed by atoms with Crippen LogP contribution in [0.25, 0.3) is 31.8 Å². The third-order valence-corrected chi connectivity index (χ3v) is 6.39. The second-order valence-corrected chi connectivity index (χ2v) is 8.69. The number of anilines is 1. The predicted molar refractivity (Wildman–Crippen MR) is 129 cm³/mol. The van der Waals surface area contributed by atoms with Gasteiger partial charge in [0.25, 0.3) is 0 Å². The second-order valence-electron chi connectivity index (χ2n) is 7.61. The van der Waals surface area contributed by atoms with E-state index in [1.807, 2.05) is 31.5 Å². The molecule has 4 nitrogen and oxygen atoms in total. The first kappa shape index (κ1) is 19.4. The number of fused-ring (bicyclic) bond motifs is 1. The normalized spacial score (nSPS) is 11.0. The Morgan fingerprint density at radius 1 is 0.839 bits per heavy atom. The van der Waals surface area contributed by atoms with Gasteiger partial charge in [-0.15, -0.1) is 11.3 Å². The van der Waals surface area contributed by atoms with Crippen molar-refractivity contribution in [1.29, 1.82) is 0 Å². The van der Waals surface area contributed by atoms with Gasteiger partial charge in [-0.05, 0) is 36.1 Å². The summed E-state index contributed by atoms with van der Waals surface area (Å²) in [6, 6.07) is 25.3. The van der Waals surface area contributed by atoms with Gasteiger partial charge < -0.3 is 4.90 Å².